The van der Waals surface area contributed by atoms with E-state index in [2.05, 4.69) is 0 Å². The molecule has 0 spiro atoms. The van der Waals surface area contributed by atoms with Gasteiger partial charge < -0.3 is 9.76 Å². The lowest BCUT2D eigenvalue weighted by Gasteiger charge is -1.98. The van der Waals surface area contributed by atoms with Gasteiger partial charge in [0.15, 0.2) is 10.3 Å². The van der Waals surface area contributed by atoms with Gasteiger partial charge in [-0.2, -0.15) is 0 Å². The van der Waals surface area contributed by atoms with Gasteiger partial charge in [0, 0.05) is 0 Å². The van der Waals surface area contributed by atoms with E-state index in [-0.39, 0.29) is 0 Å². The Hall–Kier alpha value is -0.170. The average Bonchev–Trinajstić information content (AvgIpc) is 1.35. The van der Waals surface area contributed by atoms with Gasteiger partial charge in [-0.1, -0.05) is 0 Å². The summed E-state index contributed by atoms with van der Waals surface area (Å²) in [7, 11) is -4.61. The van der Waals surface area contributed by atoms with Crippen LogP contribution in [0.15, 0.2) is 0 Å². The highest BCUT2D eigenvalue weighted by Crippen LogP contribution is 1.60. The van der Waals surface area contributed by atoms with E-state index >= 15 is 0 Å². The molecule has 5 nitrogen and oxygen atoms in total. The molecule has 0 atom stereocenters. The summed E-state index contributed by atoms with van der Waals surface area (Å²) in [6.45, 7) is 0. The first-order valence-corrected chi connectivity index (χ1v) is 2.34. The van der Waals surface area contributed by atoms with Gasteiger partial charge in [-0.25, -0.2) is 8.42 Å². The molecule has 0 fully saturated rings. The van der Waals surface area contributed by atoms with E-state index in [1.54, 1.807) is 0 Å². The Balaban J connectivity index is 3.85. The molecule has 0 bridgehead atoms. The van der Waals surface area contributed by atoms with E-state index in [1.165, 1.54) is 0 Å². The normalized spacial score (nSPS) is 11.7. The van der Waals surface area contributed by atoms with Crippen LogP contribution in [0.25, 0.3) is 0 Å². The molecule has 6 heavy (non-hydrogen) atoms. The third kappa shape index (κ3) is 3.83. The van der Waals surface area contributed by atoms with E-state index in [0.717, 1.165) is 0 Å². The maximum absolute atomic E-state index is 9.08. The SMILES string of the molecule is O=S(=O)([O-])NO. The topological polar surface area (TPSA) is 89.5 Å². The lowest BCUT2D eigenvalue weighted by molar-refractivity contribution is 0.224. The van der Waals surface area contributed by atoms with Crippen LogP contribution >= 0.6 is 0 Å². The summed E-state index contributed by atoms with van der Waals surface area (Å²) < 4.78 is 27.2. The van der Waals surface area contributed by atoms with E-state index < -0.39 is 10.3 Å². The summed E-state index contributed by atoms with van der Waals surface area (Å²) in [5.41, 5.74) is 0. The van der Waals surface area contributed by atoms with Crippen molar-refractivity contribution in [1.29, 1.82) is 0 Å². The third-order valence-electron chi connectivity index (χ3n) is 0.112. The highest BCUT2D eigenvalue weighted by Gasteiger charge is 1.79. The molecule has 0 radical (unpaired) electrons. The van der Waals surface area contributed by atoms with Crippen molar-refractivity contribution in [2.45, 2.75) is 0 Å². The zero-order valence-electron chi connectivity index (χ0n) is 2.58. The highest BCUT2D eigenvalue weighted by molar-refractivity contribution is 7.83. The highest BCUT2D eigenvalue weighted by atomic mass is 32.2. The molecule has 0 aromatic heterocycles. The van der Waals surface area contributed by atoms with Crippen molar-refractivity contribution in [2.75, 3.05) is 0 Å². The molecule has 0 aliphatic heterocycles. The van der Waals surface area contributed by atoms with E-state index in [0.29, 0.717) is 4.89 Å². The Morgan fingerprint density at radius 1 is 1.67 bits per heavy atom. The first-order chi connectivity index (χ1) is 2.56. The molecular formula is H2NO4S-. The standard InChI is InChI=1S/H3NO4S/c2-1-6(3,4)5/h1-2H,(H,3,4,5)/p-1. The second-order valence-electron chi connectivity index (χ2n) is 0.545. The second-order valence-corrected chi connectivity index (χ2v) is 1.64. The Morgan fingerprint density at radius 2 is 1.83 bits per heavy atom. The molecule has 0 saturated carbocycles. The monoisotopic (exact) mass is 112 g/mol. The van der Waals surface area contributed by atoms with Crippen LogP contribution in [0.3, 0.4) is 0 Å². The van der Waals surface area contributed by atoms with Crippen LogP contribution in [0.1, 0.15) is 0 Å². The fraction of sp³-hybridized carbons (Fsp3) is 0. The molecule has 0 saturated heterocycles. The average molecular weight is 112 g/mol. The van der Waals surface area contributed by atoms with Crippen LogP contribution in [0.4, 0.5) is 0 Å². The lowest BCUT2D eigenvalue weighted by Crippen LogP contribution is -2.17. The van der Waals surface area contributed by atoms with E-state index in [1.807, 2.05) is 0 Å². The molecule has 38 valence electrons. The van der Waals surface area contributed by atoms with E-state index in [9.17, 15) is 0 Å². The fourth-order valence-corrected chi connectivity index (χ4v) is 0. The van der Waals surface area contributed by atoms with Crippen molar-refractivity contribution in [2.24, 2.45) is 0 Å². The largest absolute Gasteiger partial charge is 0.734 e. The lowest BCUT2D eigenvalue weighted by atomic mass is 13.5. The third-order valence-corrected chi connectivity index (χ3v) is 0.335. The van der Waals surface area contributed by atoms with Crippen molar-refractivity contribution >= 4 is 10.3 Å². The number of rotatable bonds is 1. The molecule has 0 aliphatic carbocycles. The van der Waals surface area contributed by atoms with Crippen molar-refractivity contribution in [3.63, 3.8) is 0 Å². The molecule has 0 unspecified atom stereocenters. The van der Waals surface area contributed by atoms with Gasteiger partial charge >= 0.3 is 0 Å². The Labute approximate surface area is 34.4 Å². The summed E-state index contributed by atoms with van der Waals surface area (Å²) in [6.07, 6.45) is 0. The van der Waals surface area contributed by atoms with Crippen LogP contribution in [-0.2, 0) is 10.3 Å². The Kier molecular flexibility index (Phi) is 1.48. The second kappa shape index (κ2) is 1.52. The van der Waals surface area contributed by atoms with Gasteiger partial charge in [0.1, 0.15) is 0 Å². The quantitative estimate of drug-likeness (QED) is 0.316. The zero-order chi connectivity index (χ0) is 5.21. The summed E-state index contributed by atoms with van der Waals surface area (Å²) >= 11 is 0. The zero-order valence-corrected chi connectivity index (χ0v) is 3.40. The Bertz CT molecular complexity index is 110. The summed E-state index contributed by atoms with van der Waals surface area (Å²) in [5, 5.41) is 7.25. The Morgan fingerprint density at radius 3 is 1.83 bits per heavy atom. The molecule has 0 aromatic rings. The molecule has 0 rings (SSSR count). The van der Waals surface area contributed by atoms with Gasteiger partial charge in [0.05, 0.1) is 0 Å². The number of hydrogen-bond acceptors (Lipinski definition) is 4. The van der Waals surface area contributed by atoms with Crippen LogP contribution in [-0.4, -0.2) is 18.2 Å². The molecule has 2 N–H and O–H groups in total. The van der Waals surface area contributed by atoms with E-state index in [4.69, 9.17) is 18.2 Å². The predicted molar refractivity (Wildman–Crippen MR) is 14.6 cm³/mol. The molecule has 0 heterocycles. The molecular weight excluding hydrogens is 110 g/mol. The van der Waals surface area contributed by atoms with Gasteiger partial charge in [0.2, 0.25) is 0 Å². The fourth-order valence-electron chi connectivity index (χ4n) is 0. The summed E-state index contributed by atoms with van der Waals surface area (Å²) in [4.78, 5) is 0.521. The van der Waals surface area contributed by atoms with Crippen molar-refractivity contribution in [3.05, 3.63) is 0 Å². The van der Waals surface area contributed by atoms with Gasteiger partial charge in [0.25, 0.3) is 0 Å². The maximum Gasteiger partial charge on any atom is 0.181 e. The summed E-state index contributed by atoms with van der Waals surface area (Å²) in [6, 6.07) is 0. The van der Waals surface area contributed by atoms with Gasteiger partial charge in [-0.3, -0.25) is 0 Å². The minimum atomic E-state index is -4.61. The van der Waals surface area contributed by atoms with Crippen LogP contribution < -0.4 is 4.89 Å². The predicted octanol–water partition coefficient (Wildman–Crippen LogP) is -1.57. The van der Waals surface area contributed by atoms with Gasteiger partial charge in [-0.15, -0.1) is 4.89 Å². The first-order valence-electron chi connectivity index (χ1n) is 0.928. The minimum absolute atomic E-state index is 0.521. The maximum atomic E-state index is 9.08. The van der Waals surface area contributed by atoms with Crippen LogP contribution in [0.5, 0.6) is 0 Å². The van der Waals surface area contributed by atoms with Crippen molar-refractivity contribution < 1.29 is 18.2 Å². The summed E-state index contributed by atoms with van der Waals surface area (Å²) in [5.74, 6) is 0. The minimum Gasteiger partial charge on any atom is -0.734 e. The van der Waals surface area contributed by atoms with Crippen LogP contribution in [0.2, 0.25) is 0 Å². The molecule has 0 amide bonds. The van der Waals surface area contributed by atoms with Gasteiger partial charge in [-0.05, 0) is 0 Å². The molecule has 0 aliphatic rings. The number of hydrogen-bond donors (Lipinski definition) is 2. The van der Waals surface area contributed by atoms with Crippen molar-refractivity contribution in [1.82, 2.24) is 4.89 Å². The first kappa shape index (κ1) is 5.83. The number of nitrogens with one attached hydrogen (secondary N) is 1. The molecule has 0 aromatic carbocycles. The van der Waals surface area contributed by atoms with Crippen LogP contribution in [0, 0.1) is 0 Å². The smallest absolute Gasteiger partial charge is 0.181 e. The molecule has 6 heteroatoms. The van der Waals surface area contributed by atoms with Crippen molar-refractivity contribution in [3.8, 4) is 0 Å².